The molecule has 0 aromatic heterocycles. The molecule has 0 fully saturated rings. The maximum absolute atomic E-state index is 12.8. The van der Waals surface area contributed by atoms with Crippen LogP contribution in [-0.4, -0.2) is 10.9 Å². The van der Waals surface area contributed by atoms with E-state index >= 15 is 0 Å². The number of aliphatic hydroxyl groups is 1. The van der Waals surface area contributed by atoms with Crippen LogP contribution in [0.1, 0.15) is 24.2 Å². The lowest BCUT2D eigenvalue weighted by atomic mass is 10.1. The van der Waals surface area contributed by atoms with E-state index in [0.717, 1.165) is 16.9 Å². The summed E-state index contributed by atoms with van der Waals surface area (Å²) in [6.45, 7) is 2.11. The number of aliphatic hydroxyl groups excluding tert-OH is 1. The van der Waals surface area contributed by atoms with Crippen LogP contribution in [0.2, 0.25) is 0 Å². The van der Waals surface area contributed by atoms with E-state index in [1.807, 2.05) is 24.3 Å². The first-order chi connectivity index (χ1) is 9.19. The summed E-state index contributed by atoms with van der Waals surface area (Å²) in [5.41, 5.74) is 2.19. The van der Waals surface area contributed by atoms with Crippen LogP contribution in [-0.2, 0) is 6.42 Å². The summed E-state index contributed by atoms with van der Waals surface area (Å²) < 4.78 is 12.8. The van der Waals surface area contributed by atoms with Gasteiger partial charge in [-0.2, -0.15) is 0 Å². The number of rotatable bonds is 5. The quantitative estimate of drug-likeness (QED) is 0.825. The van der Waals surface area contributed by atoms with Crippen LogP contribution in [0, 0.1) is 5.82 Å². The van der Waals surface area contributed by atoms with Crippen molar-refractivity contribution in [1.82, 2.24) is 0 Å². The normalized spacial score (nSPS) is 12.4. The first-order valence-electron chi connectivity index (χ1n) is 6.34. The van der Waals surface area contributed by atoms with Gasteiger partial charge in [0.1, 0.15) is 5.82 Å². The second kappa shape index (κ2) is 6.73. The molecule has 0 heterocycles. The first-order valence-corrected chi connectivity index (χ1v) is 7.33. The fourth-order valence-electron chi connectivity index (χ4n) is 1.78. The van der Waals surface area contributed by atoms with Crippen molar-refractivity contribution < 1.29 is 9.50 Å². The molecule has 0 saturated carbocycles. The number of aryl methyl sites for hydroxylation is 1. The van der Waals surface area contributed by atoms with Crippen LogP contribution < -0.4 is 0 Å². The van der Waals surface area contributed by atoms with E-state index in [1.165, 1.54) is 29.5 Å². The summed E-state index contributed by atoms with van der Waals surface area (Å²) in [5.74, 6) is 0.331. The molecule has 0 aliphatic heterocycles. The van der Waals surface area contributed by atoms with Gasteiger partial charge in [-0.15, -0.1) is 11.8 Å². The van der Waals surface area contributed by atoms with E-state index in [-0.39, 0.29) is 5.82 Å². The average molecular weight is 276 g/mol. The molecule has 100 valence electrons. The van der Waals surface area contributed by atoms with Gasteiger partial charge in [0.2, 0.25) is 0 Å². The van der Waals surface area contributed by atoms with Gasteiger partial charge in [0.05, 0.1) is 6.10 Å². The predicted molar refractivity (Wildman–Crippen MR) is 77.9 cm³/mol. The number of hydrogen-bond donors (Lipinski definition) is 1. The summed E-state index contributed by atoms with van der Waals surface area (Å²) in [6.07, 6.45) is 0.502. The van der Waals surface area contributed by atoms with Crippen LogP contribution >= 0.6 is 11.8 Å². The van der Waals surface area contributed by atoms with Gasteiger partial charge in [-0.1, -0.05) is 31.2 Å². The van der Waals surface area contributed by atoms with E-state index in [4.69, 9.17) is 0 Å². The molecule has 0 aliphatic carbocycles. The SMILES string of the molecule is CCc1ccc(C(O)CSc2ccc(F)cc2)cc1. The van der Waals surface area contributed by atoms with Crippen LogP contribution in [0.3, 0.4) is 0 Å². The van der Waals surface area contributed by atoms with Crippen molar-refractivity contribution in [3.63, 3.8) is 0 Å². The molecular formula is C16H17FOS. The van der Waals surface area contributed by atoms with Crippen molar-refractivity contribution in [2.45, 2.75) is 24.3 Å². The highest BCUT2D eigenvalue weighted by molar-refractivity contribution is 7.99. The van der Waals surface area contributed by atoms with Crippen molar-refractivity contribution in [3.8, 4) is 0 Å². The molecule has 1 unspecified atom stereocenters. The molecule has 0 aliphatic rings. The molecule has 1 atom stereocenters. The summed E-state index contributed by atoms with van der Waals surface area (Å²) in [5, 5.41) is 10.1. The van der Waals surface area contributed by atoms with Gasteiger partial charge >= 0.3 is 0 Å². The molecule has 2 aromatic rings. The molecule has 0 bridgehead atoms. The molecular weight excluding hydrogens is 259 g/mol. The Bertz CT molecular complexity index is 507. The molecule has 1 nitrogen and oxygen atoms in total. The maximum Gasteiger partial charge on any atom is 0.123 e. The molecule has 2 aromatic carbocycles. The van der Waals surface area contributed by atoms with Gasteiger partial charge in [0, 0.05) is 10.6 Å². The largest absolute Gasteiger partial charge is 0.388 e. The molecule has 2 rings (SSSR count). The van der Waals surface area contributed by atoms with Gasteiger partial charge in [0.25, 0.3) is 0 Å². The van der Waals surface area contributed by atoms with E-state index in [2.05, 4.69) is 6.92 Å². The minimum absolute atomic E-state index is 0.236. The third-order valence-corrected chi connectivity index (χ3v) is 4.08. The average Bonchev–Trinajstić information content (AvgIpc) is 2.46. The molecule has 3 heteroatoms. The Morgan fingerprint density at radius 2 is 1.68 bits per heavy atom. The minimum atomic E-state index is -0.499. The van der Waals surface area contributed by atoms with Crippen molar-refractivity contribution in [2.24, 2.45) is 0 Å². The highest BCUT2D eigenvalue weighted by atomic mass is 32.2. The number of hydrogen-bond acceptors (Lipinski definition) is 2. The lowest BCUT2D eigenvalue weighted by Gasteiger charge is -2.11. The third kappa shape index (κ3) is 4.08. The topological polar surface area (TPSA) is 20.2 Å². The Kier molecular flexibility index (Phi) is 5.00. The van der Waals surface area contributed by atoms with E-state index in [1.54, 1.807) is 12.1 Å². The van der Waals surface area contributed by atoms with E-state index < -0.39 is 6.10 Å². The van der Waals surface area contributed by atoms with Crippen LogP contribution in [0.4, 0.5) is 4.39 Å². The molecule has 1 N–H and O–H groups in total. The van der Waals surface area contributed by atoms with Gasteiger partial charge in [-0.3, -0.25) is 0 Å². The molecule has 0 amide bonds. The van der Waals surface area contributed by atoms with E-state index in [0.29, 0.717) is 5.75 Å². The second-order valence-corrected chi connectivity index (χ2v) is 5.47. The standard InChI is InChI=1S/C16H17FOS/c1-2-12-3-5-13(6-4-12)16(18)11-19-15-9-7-14(17)8-10-15/h3-10,16,18H,2,11H2,1H3. The summed E-state index contributed by atoms with van der Waals surface area (Å²) in [4.78, 5) is 0.964. The molecule has 19 heavy (non-hydrogen) atoms. The Balaban J connectivity index is 1.93. The lowest BCUT2D eigenvalue weighted by molar-refractivity contribution is 0.204. The van der Waals surface area contributed by atoms with Gasteiger partial charge in [-0.25, -0.2) is 4.39 Å². The number of thioether (sulfide) groups is 1. The number of halogens is 1. The predicted octanol–water partition coefficient (Wildman–Crippen LogP) is 4.21. The monoisotopic (exact) mass is 276 g/mol. The van der Waals surface area contributed by atoms with Crippen LogP contribution in [0.25, 0.3) is 0 Å². The fraction of sp³-hybridized carbons (Fsp3) is 0.250. The smallest absolute Gasteiger partial charge is 0.123 e. The van der Waals surface area contributed by atoms with Crippen LogP contribution in [0.15, 0.2) is 53.4 Å². The Morgan fingerprint density at radius 1 is 1.05 bits per heavy atom. The third-order valence-electron chi connectivity index (χ3n) is 2.99. The lowest BCUT2D eigenvalue weighted by Crippen LogP contribution is -2.00. The zero-order chi connectivity index (χ0) is 13.7. The summed E-state index contributed by atoms with van der Waals surface area (Å²) >= 11 is 1.53. The fourth-order valence-corrected chi connectivity index (χ4v) is 2.65. The molecule has 0 radical (unpaired) electrons. The zero-order valence-corrected chi connectivity index (χ0v) is 11.7. The van der Waals surface area contributed by atoms with Gasteiger partial charge in [-0.05, 0) is 41.8 Å². The van der Waals surface area contributed by atoms with Crippen molar-refractivity contribution >= 4 is 11.8 Å². The highest BCUT2D eigenvalue weighted by Gasteiger charge is 2.08. The molecule has 0 spiro atoms. The van der Waals surface area contributed by atoms with Gasteiger partial charge < -0.3 is 5.11 Å². The number of benzene rings is 2. The first kappa shape index (κ1) is 14.1. The Hall–Kier alpha value is -1.32. The van der Waals surface area contributed by atoms with Crippen LogP contribution in [0.5, 0.6) is 0 Å². The maximum atomic E-state index is 12.8. The highest BCUT2D eigenvalue weighted by Crippen LogP contribution is 2.25. The minimum Gasteiger partial charge on any atom is -0.388 e. The van der Waals surface area contributed by atoms with Gasteiger partial charge in [0.15, 0.2) is 0 Å². The summed E-state index contributed by atoms with van der Waals surface area (Å²) in [6, 6.07) is 14.3. The zero-order valence-electron chi connectivity index (χ0n) is 10.8. The second-order valence-electron chi connectivity index (χ2n) is 4.38. The Morgan fingerprint density at radius 3 is 2.26 bits per heavy atom. The van der Waals surface area contributed by atoms with E-state index in [9.17, 15) is 9.50 Å². The molecule has 0 saturated heterocycles. The van der Waals surface area contributed by atoms with Crippen molar-refractivity contribution in [2.75, 3.05) is 5.75 Å². The van der Waals surface area contributed by atoms with Crippen molar-refractivity contribution in [1.29, 1.82) is 0 Å². The Labute approximate surface area is 117 Å². The van der Waals surface area contributed by atoms with Crippen molar-refractivity contribution in [3.05, 3.63) is 65.5 Å². The summed E-state index contributed by atoms with van der Waals surface area (Å²) in [7, 11) is 0.